The number of rotatable bonds is 2. The van der Waals surface area contributed by atoms with Gasteiger partial charge in [-0.2, -0.15) is 0 Å². The van der Waals surface area contributed by atoms with Crippen LogP contribution in [0.4, 0.5) is 5.69 Å². The van der Waals surface area contributed by atoms with Crippen molar-refractivity contribution in [1.82, 2.24) is 4.90 Å². The average molecular weight is 371 g/mol. The van der Waals surface area contributed by atoms with Crippen LogP contribution in [0.25, 0.3) is 0 Å². The number of fused-ring (bicyclic) bond motifs is 3. The van der Waals surface area contributed by atoms with Gasteiger partial charge in [0.2, 0.25) is 9.84 Å². The maximum Gasteiger partial charge on any atom is 0.206 e. The lowest BCUT2D eigenvalue weighted by atomic mass is 9.91. The molecule has 2 aliphatic rings. The third-order valence-corrected chi connectivity index (χ3v) is 7.78. The highest BCUT2D eigenvalue weighted by Gasteiger charge is 2.38. The van der Waals surface area contributed by atoms with Gasteiger partial charge in [0, 0.05) is 24.7 Å². The van der Waals surface area contributed by atoms with Crippen molar-refractivity contribution in [3.8, 4) is 0 Å². The predicted molar refractivity (Wildman–Crippen MR) is 105 cm³/mol. The Kier molecular flexibility index (Phi) is 4.32. The average Bonchev–Trinajstić information content (AvgIpc) is 2.76. The van der Waals surface area contributed by atoms with Crippen LogP contribution < -0.4 is 4.90 Å². The predicted octanol–water partition coefficient (Wildman–Crippen LogP) is 3.46. The molecule has 0 aromatic heterocycles. The van der Waals surface area contributed by atoms with Gasteiger partial charge in [0.1, 0.15) is 0 Å². The summed E-state index contributed by atoms with van der Waals surface area (Å²) >= 11 is 0. The molecule has 2 heterocycles. The highest BCUT2D eigenvalue weighted by molar-refractivity contribution is 7.91. The van der Waals surface area contributed by atoms with Crippen LogP contribution in [0.3, 0.4) is 0 Å². The number of benzene rings is 2. The first kappa shape index (κ1) is 17.6. The standard InChI is InChI=1S/C21H26N2O2S/c1-15-4-6-16(7-5-15)26(24,25)17-8-9-20-19(14-17)18-10-12-22(2)13-11-21(18)23(20)3/h4-9,14,18,21H,10-13H2,1-3H3/t18-,21-/m1/s1. The fourth-order valence-electron chi connectivity index (χ4n) is 4.39. The molecule has 0 saturated carbocycles. The molecule has 1 fully saturated rings. The smallest absolute Gasteiger partial charge is 0.206 e. The van der Waals surface area contributed by atoms with E-state index in [0.29, 0.717) is 21.8 Å². The Morgan fingerprint density at radius 3 is 2.31 bits per heavy atom. The largest absolute Gasteiger partial charge is 0.371 e. The van der Waals surface area contributed by atoms with Crippen molar-refractivity contribution in [2.24, 2.45) is 0 Å². The van der Waals surface area contributed by atoms with Gasteiger partial charge in [0.05, 0.1) is 9.79 Å². The maximum atomic E-state index is 13.1. The zero-order valence-electron chi connectivity index (χ0n) is 15.6. The molecule has 5 heteroatoms. The van der Waals surface area contributed by atoms with Gasteiger partial charge in [-0.15, -0.1) is 0 Å². The molecule has 2 aliphatic heterocycles. The third kappa shape index (κ3) is 2.83. The highest BCUT2D eigenvalue weighted by atomic mass is 32.2. The molecule has 2 aromatic carbocycles. The quantitative estimate of drug-likeness (QED) is 0.812. The van der Waals surface area contributed by atoms with E-state index in [4.69, 9.17) is 0 Å². The van der Waals surface area contributed by atoms with E-state index in [1.165, 1.54) is 11.3 Å². The summed E-state index contributed by atoms with van der Waals surface area (Å²) in [7, 11) is 0.827. The number of nitrogens with zero attached hydrogens (tertiary/aromatic N) is 2. The summed E-state index contributed by atoms with van der Waals surface area (Å²) in [6.07, 6.45) is 2.19. The van der Waals surface area contributed by atoms with Crippen LogP contribution >= 0.6 is 0 Å². The first-order valence-electron chi connectivity index (χ1n) is 9.25. The van der Waals surface area contributed by atoms with E-state index >= 15 is 0 Å². The normalized spacial score (nSPS) is 23.4. The molecule has 4 rings (SSSR count). The van der Waals surface area contributed by atoms with Gasteiger partial charge in [-0.1, -0.05) is 17.7 Å². The lowest BCUT2D eigenvalue weighted by molar-refractivity contribution is 0.345. The van der Waals surface area contributed by atoms with E-state index in [2.05, 4.69) is 23.9 Å². The van der Waals surface area contributed by atoms with E-state index in [0.717, 1.165) is 31.5 Å². The van der Waals surface area contributed by atoms with Crippen molar-refractivity contribution in [2.45, 2.75) is 41.5 Å². The first-order chi connectivity index (χ1) is 12.4. The van der Waals surface area contributed by atoms with Gasteiger partial charge in [0.25, 0.3) is 0 Å². The van der Waals surface area contributed by atoms with Crippen molar-refractivity contribution < 1.29 is 8.42 Å². The number of hydrogen-bond acceptors (Lipinski definition) is 4. The second-order valence-electron chi connectivity index (χ2n) is 7.70. The molecule has 0 aliphatic carbocycles. The lowest BCUT2D eigenvalue weighted by Crippen LogP contribution is -2.31. The SMILES string of the molecule is Cc1ccc(S(=O)(=O)c2ccc3c(c2)[C@H]2CCN(C)CC[C@H]2N3C)cc1. The zero-order chi connectivity index (χ0) is 18.5. The van der Waals surface area contributed by atoms with Crippen molar-refractivity contribution in [2.75, 3.05) is 32.1 Å². The fraction of sp³-hybridized carbons (Fsp3) is 0.429. The van der Waals surface area contributed by atoms with E-state index in [9.17, 15) is 8.42 Å². The Morgan fingerprint density at radius 1 is 0.923 bits per heavy atom. The molecule has 138 valence electrons. The summed E-state index contributed by atoms with van der Waals surface area (Å²) in [6, 6.07) is 13.3. The van der Waals surface area contributed by atoms with E-state index in [1.807, 2.05) is 31.2 Å². The molecular weight excluding hydrogens is 344 g/mol. The minimum absolute atomic E-state index is 0.367. The van der Waals surface area contributed by atoms with Crippen LogP contribution in [0, 0.1) is 6.92 Å². The second-order valence-corrected chi connectivity index (χ2v) is 9.65. The van der Waals surface area contributed by atoms with Gasteiger partial charge in [-0.3, -0.25) is 0 Å². The van der Waals surface area contributed by atoms with Crippen molar-refractivity contribution >= 4 is 15.5 Å². The van der Waals surface area contributed by atoms with Crippen LogP contribution in [0.5, 0.6) is 0 Å². The monoisotopic (exact) mass is 370 g/mol. The minimum atomic E-state index is -3.48. The Bertz CT molecular complexity index is 922. The number of likely N-dealkylation sites (tertiary alicyclic amines) is 1. The van der Waals surface area contributed by atoms with Crippen LogP contribution in [0.2, 0.25) is 0 Å². The third-order valence-electron chi connectivity index (χ3n) is 6.01. The van der Waals surface area contributed by atoms with Gasteiger partial charge >= 0.3 is 0 Å². The van der Waals surface area contributed by atoms with Crippen LogP contribution in [-0.2, 0) is 9.84 Å². The van der Waals surface area contributed by atoms with Gasteiger partial charge < -0.3 is 9.80 Å². The molecule has 0 amide bonds. The van der Waals surface area contributed by atoms with E-state index in [1.54, 1.807) is 18.2 Å². The molecule has 1 saturated heterocycles. The topological polar surface area (TPSA) is 40.6 Å². The molecule has 0 radical (unpaired) electrons. The van der Waals surface area contributed by atoms with Crippen LogP contribution in [0.15, 0.2) is 52.3 Å². The maximum absolute atomic E-state index is 13.1. The summed E-state index contributed by atoms with van der Waals surface area (Å²) in [5.74, 6) is 0.410. The Morgan fingerprint density at radius 2 is 1.58 bits per heavy atom. The molecule has 4 nitrogen and oxygen atoms in total. The van der Waals surface area contributed by atoms with Crippen LogP contribution in [0.1, 0.15) is 29.9 Å². The molecule has 2 atom stereocenters. The molecule has 0 N–H and O–H groups in total. The molecule has 26 heavy (non-hydrogen) atoms. The summed E-state index contributed by atoms with van der Waals surface area (Å²) in [5, 5.41) is 0. The number of anilines is 1. The molecule has 0 spiro atoms. The Labute approximate surface area is 156 Å². The summed E-state index contributed by atoms with van der Waals surface area (Å²) in [4.78, 5) is 5.50. The Hall–Kier alpha value is -1.85. The minimum Gasteiger partial charge on any atom is -0.371 e. The highest BCUT2D eigenvalue weighted by Crippen LogP contribution is 2.45. The number of hydrogen-bond donors (Lipinski definition) is 0. The van der Waals surface area contributed by atoms with Crippen molar-refractivity contribution in [3.63, 3.8) is 0 Å². The second kappa shape index (κ2) is 6.39. The zero-order valence-corrected chi connectivity index (χ0v) is 16.5. The van der Waals surface area contributed by atoms with Crippen molar-refractivity contribution in [3.05, 3.63) is 53.6 Å². The molecule has 2 aromatic rings. The van der Waals surface area contributed by atoms with Crippen molar-refractivity contribution in [1.29, 1.82) is 0 Å². The molecular formula is C21H26N2O2S. The van der Waals surface area contributed by atoms with Crippen LogP contribution in [-0.4, -0.2) is 46.5 Å². The van der Waals surface area contributed by atoms with Gasteiger partial charge in [-0.05, 0) is 75.8 Å². The number of likely N-dealkylation sites (N-methyl/N-ethyl adjacent to an activating group) is 1. The summed E-state index contributed by atoms with van der Waals surface area (Å²) < 4.78 is 26.2. The van der Waals surface area contributed by atoms with E-state index in [-0.39, 0.29) is 0 Å². The molecule has 0 bridgehead atoms. The number of sulfone groups is 1. The summed E-state index contributed by atoms with van der Waals surface area (Å²) in [6.45, 7) is 4.11. The fourth-order valence-corrected chi connectivity index (χ4v) is 5.69. The number of aryl methyl sites for hydroxylation is 1. The lowest BCUT2D eigenvalue weighted by Gasteiger charge is -2.25. The Balaban J connectivity index is 1.75. The summed E-state index contributed by atoms with van der Waals surface area (Å²) in [5.41, 5.74) is 3.44. The van der Waals surface area contributed by atoms with E-state index < -0.39 is 9.84 Å². The first-order valence-corrected chi connectivity index (χ1v) is 10.7. The van der Waals surface area contributed by atoms with Gasteiger partial charge in [0.15, 0.2) is 0 Å². The van der Waals surface area contributed by atoms with Gasteiger partial charge in [-0.25, -0.2) is 8.42 Å². The molecule has 0 unspecified atom stereocenters.